The van der Waals surface area contributed by atoms with E-state index < -0.39 is 0 Å². The minimum absolute atomic E-state index is 0.0579. The smallest absolute Gasteiger partial charge is 0.265 e. The molecule has 0 spiro atoms. The summed E-state index contributed by atoms with van der Waals surface area (Å²) in [5.41, 5.74) is 2.43. The molecular formula is C28H30N2O6. The number of carbonyl (C=O) groups excluding carboxylic acids is 2. The van der Waals surface area contributed by atoms with Crippen LogP contribution in [-0.4, -0.2) is 45.3 Å². The molecule has 0 unspecified atom stereocenters. The molecule has 0 radical (unpaired) electrons. The van der Waals surface area contributed by atoms with Crippen molar-refractivity contribution in [2.75, 3.05) is 43.7 Å². The Morgan fingerprint density at radius 1 is 0.944 bits per heavy atom. The van der Waals surface area contributed by atoms with Gasteiger partial charge in [0.25, 0.3) is 5.91 Å². The van der Waals surface area contributed by atoms with Gasteiger partial charge >= 0.3 is 0 Å². The van der Waals surface area contributed by atoms with E-state index in [-0.39, 0.29) is 18.4 Å². The van der Waals surface area contributed by atoms with Gasteiger partial charge < -0.3 is 29.2 Å². The van der Waals surface area contributed by atoms with Crippen molar-refractivity contribution in [1.82, 2.24) is 0 Å². The molecule has 0 aromatic heterocycles. The van der Waals surface area contributed by atoms with Gasteiger partial charge in [0.05, 0.1) is 25.9 Å². The van der Waals surface area contributed by atoms with E-state index in [1.54, 1.807) is 30.2 Å². The summed E-state index contributed by atoms with van der Waals surface area (Å²) in [6.07, 6.45) is 0.887. The number of ether oxygens (including phenoxy) is 4. The first-order chi connectivity index (χ1) is 17.5. The molecule has 0 fully saturated rings. The van der Waals surface area contributed by atoms with Gasteiger partial charge in [-0.05, 0) is 61.9 Å². The van der Waals surface area contributed by atoms with Gasteiger partial charge in [0.15, 0.2) is 6.61 Å². The molecule has 0 bridgehead atoms. The Morgan fingerprint density at radius 2 is 1.61 bits per heavy atom. The zero-order chi connectivity index (χ0) is 25.3. The van der Waals surface area contributed by atoms with Gasteiger partial charge in [-0.3, -0.25) is 9.59 Å². The molecule has 4 rings (SSSR count). The molecule has 0 atom stereocenters. The number of benzene rings is 3. The summed E-state index contributed by atoms with van der Waals surface area (Å²) >= 11 is 0. The summed E-state index contributed by atoms with van der Waals surface area (Å²) in [5, 5.41) is 2.88. The van der Waals surface area contributed by atoms with Gasteiger partial charge in [-0.15, -0.1) is 0 Å². The lowest BCUT2D eigenvalue weighted by atomic mass is 10.2. The summed E-state index contributed by atoms with van der Waals surface area (Å²) in [6, 6.07) is 20.4. The average Bonchev–Trinajstić information content (AvgIpc) is 2.89. The van der Waals surface area contributed by atoms with Crippen LogP contribution >= 0.6 is 0 Å². The lowest BCUT2D eigenvalue weighted by Crippen LogP contribution is -2.41. The van der Waals surface area contributed by atoms with E-state index in [4.69, 9.17) is 18.9 Å². The van der Waals surface area contributed by atoms with Gasteiger partial charge in [0.1, 0.15) is 29.6 Å². The summed E-state index contributed by atoms with van der Waals surface area (Å²) in [6.45, 7) is 3.13. The maximum atomic E-state index is 12.4. The normalized spacial score (nSPS) is 12.4. The third kappa shape index (κ3) is 6.69. The number of nitrogens with one attached hydrogen (secondary N) is 1. The van der Waals surface area contributed by atoms with E-state index in [1.165, 1.54) is 0 Å². The molecule has 1 aliphatic heterocycles. The monoisotopic (exact) mass is 490 g/mol. The van der Waals surface area contributed by atoms with Crippen LogP contribution in [0.1, 0.15) is 18.4 Å². The molecule has 3 aromatic carbocycles. The Bertz CT molecular complexity index is 1180. The van der Waals surface area contributed by atoms with Crippen LogP contribution in [0.2, 0.25) is 0 Å². The SMILES string of the molecule is COc1ccc(OCCCC(=O)Nc2ccc3c(c2)OCC(=O)N3CCOc2ccc(C)cc2)cc1. The van der Waals surface area contributed by atoms with Crippen molar-refractivity contribution in [3.63, 3.8) is 0 Å². The van der Waals surface area contributed by atoms with Crippen molar-refractivity contribution in [2.45, 2.75) is 19.8 Å². The second kappa shape index (κ2) is 12.0. The topological polar surface area (TPSA) is 86.3 Å². The van der Waals surface area contributed by atoms with E-state index in [9.17, 15) is 9.59 Å². The van der Waals surface area contributed by atoms with Crippen LogP contribution in [0.4, 0.5) is 11.4 Å². The zero-order valence-corrected chi connectivity index (χ0v) is 20.5. The highest BCUT2D eigenvalue weighted by Gasteiger charge is 2.25. The van der Waals surface area contributed by atoms with E-state index in [0.717, 1.165) is 22.8 Å². The van der Waals surface area contributed by atoms with Crippen LogP contribution < -0.4 is 29.2 Å². The molecule has 1 N–H and O–H groups in total. The molecule has 36 heavy (non-hydrogen) atoms. The molecule has 0 saturated carbocycles. The number of hydrogen-bond acceptors (Lipinski definition) is 6. The van der Waals surface area contributed by atoms with Gasteiger partial charge in [-0.1, -0.05) is 17.7 Å². The van der Waals surface area contributed by atoms with Crippen LogP contribution in [-0.2, 0) is 9.59 Å². The van der Waals surface area contributed by atoms with E-state index in [1.807, 2.05) is 55.5 Å². The Morgan fingerprint density at radius 3 is 2.33 bits per heavy atom. The van der Waals surface area contributed by atoms with E-state index in [2.05, 4.69) is 5.32 Å². The minimum Gasteiger partial charge on any atom is -0.497 e. The highest BCUT2D eigenvalue weighted by molar-refractivity contribution is 5.99. The average molecular weight is 491 g/mol. The fourth-order valence-corrected chi connectivity index (χ4v) is 3.73. The number of anilines is 2. The Balaban J connectivity index is 1.25. The fourth-order valence-electron chi connectivity index (χ4n) is 3.73. The molecule has 8 heteroatoms. The second-order valence-electron chi connectivity index (χ2n) is 8.35. The van der Waals surface area contributed by atoms with Crippen molar-refractivity contribution >= 4 is 23.2 Å². The van der Waals surface area contributed by atoms with Crippen molar-refractivity contribution in [3.8, 4) is 23.0 Å². The Kier molecular flexibility index (Phi) is 8.28. The molecule has 3 aromatic rings. The molecule has 0 aliphatic carbocycles. The first kappa shape index (κ1) is 24.9. The van der Waals surface area contributed by atoms with Gasteiger partial charge in [0.2, 0.25) is 5.91 Å². The number of methoxy groups -OCH3 is 1. The molecule has 188 valence electrons. The number of amides is 2. The number of carbonyl (C=O) groups is 2. The summed E-state index contributed by atoms with van der Waals surface area (Å²) < 4.78 is 22.2. The highest BCUT2D eigenvalue weighted by Crippen LogP contribution is 2.34. The van der Waals surface area contributed by atoms with Crippen LogP contribution in [0, 0.1) is 6.92 Å². The zero-order valence-electron chi connectivity index (χ0n) is 20.5. The molecule has 2 amide bonds. The van der Waals surface area contributed by atoms with Gasteiger partial charge in [-0.25, -0.2) is 0 Å². The third-order valence-electron chi connectivity index (χ3n) is 5.67. The number of aryl methyl sites for hydroxylation is 1. The van der Waals surface area contributed by atoms with Crippen molar-refractivity contribution < 1.29 is 28.5 Å². The predicted molar refractivity (Wildman–Crippen MR) is 137 cm³/mol. The van der Waals surface area contributed by atoms with Crippen LogP contribution in [0.5, 0.6) is 23.0 Å². The highest BCUT2D eigenvalue weighted by atomic mass is 16.5. The lowest BCUT2D eigenvalue weighted by Gasteiger charge is -2.29. The number of fused-ring (bicyclic) bond motifs is 1. The van der Waals surface area contributed by atoms with Gasteiger partial charge in [0, 0.05) is 18.2 Å². The summed E-state index contributed by atoms with van der Waals surface area (Å²) in [5.74, 6) is 2.54. The lowest BCUT2D eigenvalue weighted by molar-refractivity contribution is -0.121. The molecule has 1 heterocycles. The van der Waals surface area contributed by atoms with Crippen LogP contribution in [0.3, 0.4) is 0 Å². The minimum atomic E-state index is -0.136. The van der Waals surface area contributed by atoms with Crippen molar-refractivity contribution in [1.29, 1.82) is 0 Å². The van der Waals surface area contributed by atoms with Crippen LogP contribution in [0.25, 0.3) is 0 Å². The van der Waals surface area contributed by atoms with Crippen molar-refractivity contribution in [3.05, 3.63) is 72.3 Å². The fraction of sp³-hybridized carbons (Fsp3) is 0.286. The Labute approximate surface area is 210 Å². The maximum Gasteiger partial charge on any atom is 0.265 e. The quantitative estimate of drug-likeness (QED) is 0.395. The molecule has 1 aliphatic rings. The summed E-state index contributed by atoms with van der Waals surface area (Å²) in [4.78, 5) is 26.5. The summed E-state index contributed by atoms with van der Waals surface area (Å²) in [7, 11) is 1.61. The first-order valence-corrected chi connectivity index (χ1v) is 11.9. The number of rotatable bonds is 11. The molecule has 8 nitrogen and oxygen atoms in total. The van der Waals surface area contributed by atoms with E-state index >= 15 is 0 Å². The number of hydrogen-bond donors (Lipinski definition) is 1. The van der Waals surface area contributed by atoms with Gasteiger partial charge in [-0.2, -0.15) is 0 Å². The van der Waals surface area contributed by atoms with Crippen molar-refractivity contribution in [2.24, 2.45) is 0 Å². The second-order valence-corrected chi connectivity index (χ2v) is 8.35. The number of nitrogens with zero attached hydrogens (tertiary/aromatic N) is 1. The largest absolute Gasteiger partial charge is 0.497 e. The van der Waals surface area contributed by atoms with E-state index in [0.29, 0.717) is 49.7 Å². The maximum absolute atomic E-state index is 12.4. The molecular weight excluding hydrogens is 460 g/mol. The van der Waals surface area contributed by atoms with Crippen LogP contribution in [0.15, 0.2) is 66.7 Å². The Hall–Kier alpha value is -4.20. The predicted octanol–water partition coefficient (Wildman–Crippen LogP) is 4.61. The molecule has 0 saturated heterocycles. The first-order valence-electron chi connectivity index (χ1n) is 11.9. The standard InChI is InChI=1S/C28H30N2O6/c1-20-5-8-23(9-6-20)35-17-15-30-25-14-7-21(18-26(25)36-19-28(30)32)29-27(31)4-3-16-34-24-12-10-22(33-2)11-13-24/h5-14,18H,3-4,15-17,19H2,1-2H3,(H,29,31). The third-order valence-corrected chi connectivity index (χ3v) is 5.67.